The van der Waals surface area contributed by atoms with Crippen LogP contribution in [0.1, 0.15) is 33.3 Å². The maximum atomic E-state index is 12.6. The molecule has 3 aromatic rings. The average Bonchev–Trinajstić information content (AvgIpc) is 3.37. The lowest BCUT2D eigenvalue weighted by Crippen LogP contribution is -2.23. The minimum absolute atomic E-state index is 0.0203. The Bertz CT molecular complexity index is 1220. The van der Waals surface area contributed by atoms with Crippen molar-refractivity contribution in [2.24, 2.45) is 0 Å². The highest BCUT2D eigenvalue weighted by Gasteiger charge is 2.31. The van der Waals surface area contributed by atoms with E-state index in [0.717, 1.165) is 12.1 Å². The Morgan fingerprint density at radius 2 is 1.76 bits per heavy atom. The molecule has 14 heteroatoms. The number of hydrogen-bond donors (Lipinski definition) is 2. The lowest BCUT2D eigenvalue weighted by Gasteiger charge is -2.13. The average molecular weight is 539 g/mol. The normalized spacial score (nSPS) is 11.2. The summed E-state index contributed by atoms with van der Waals surface area (Å²) in [5, 5.41) is 13.1. The largest absolute Gasteiger partial charge is 0.573 e. The number of rotatable bonds is 13. The minimum atomic E-state index is -4.79. The van der Waals surface area contributed by atoms with Crippen molar-refractivity contribution in [3.8, 4) is 17.2 Å². The van der Waals surface area contributed by atoms with Crippen LogP contribution in [0, 0.1) is 0 Å². The Balaban J connectivity index is 1.69. The Hall–Kier alpha value is -4.20. The Morgan fingerprint density at radius 3 is 2.45 bits per heavy atom. The second-order valence-corrected chi connectivity index (χ2v) is 7.61. The lowest BCUT2D eigenvalue weighted by atomic mass is 10.1. The fraction of sp³-hybridized carbons (Fsp3) is 0.333. The molecular weight excluding hydrogens is 514 g/mol. The number of carbonyl (C=O) groups excluding carboxylic acids is 2. The third-order valence-electron chi connectivity index (χ3n) is 4.85. The van der Waals surface area contributed by atoms with Gasteiger partial charge in [-0.15, -0.1) is 18.3 Å². The molecule has 38 heavy (non-hydrogen) atoms. The number of nitrogens with one attached hydrogen (secondary N) is 2. The predicted octanol–water partition coefficient (Wildman–Crippen LogP) is 3.21. The quantitative estimate of drug-likeness (QED) is 0.253. The predicted molar refractivity (Wildman–Crippen MR) is 126 cm³/mol. The SMILES string of the molecule is CCNC(=O)c1ccc(-n2cc(C(=O)NCc3ccc(OC(F)(F)F)cc3)nn2)c(OCCOCCF)c1. The topological polar surface area (TPSA) is 117 Å². The Labute approximate surface area is 214 Å². The summed E-state index contributed by atoms with van der Waals surface area (Å²) < 4.78 is 65.0. The van der Waals surface area contributed by atoms with Crippen molar-refractivity contribution >= 4 is 11.8 Å². The molecule has 0 fully saturated rings. The molecule has 2 aromatic carbocycles. The van der Waals surface area contributed by atoms with Crippen molar-refractivity contribution in [1.29, 1.82) is 0 Å². The van der Waals surface area contributed by atoms with Crippen molar-refractivity contribution in [3.05, 3.63) is 65.5 Å². The van der Waals surface area contributed by atoms with E-state index in [1.807, 2.05) is 0 Å². The van der Waals surface area contributed by atoms with Gasteiger partial charge in [0.2, 0.25) is 0 Å². The summed E-state index contributed by atoms with van der Waals surface area (Å²) in [4.78, 5) is 24.8. The Morgan fingerprint density at radius 1 is 1.00 bits per heavy atom. The molecule has 0 radical (unpaired) electrons. The standard InChI is InChI=1S/C24H25F4N5O5/c1-2-29-22(34)17-5-8-20(21(13-17)37-12-11-36-10-9-25)33-15-19(31-32-33)23(35)30-14-16-3-6-18(7-4-16)38-24(26,27)28/h3-8,13,15H,2,9-12,14H2,1H3,(H,29,34)(H,30,35). The van der Waals surface area contributed by atoms with Crippen LogP contribution in [-0.4, -0.2) is 66.2 Å². The number of hydrogen-bond acceptors (Lipinski definition) is 7. The van der Waals surface area contributed by atoms with Gasteiger partial charge in [-0.1, -0.05) is 17.3 Å². The summed E-state index contributed by atoms with van der Waals surface area (Å²) in [5.74, 6) is -1.00. The van der Waals surface area contributed by atoms with Gasteiger partial charge >= 0.3 is 6.36 Å². The molecule has 0 atom stereocenters. The zero-order valence-corrected chi connectivity index (χ0v) is 20.3. The van der Waals surface area contributed by atoms with Crippen LogP contribution in [-0.2, 0) is 11.3 Å². The molecule has 1 heterocycles. The van der Waals surface area contributed by atoms with Crippen molar-refractivity contribution in [3.63, 3.8) is 0 Å². The van der Waals surface area contributed by atoms with Crippen LogP contribution in [0.2, 0.25) is 0 Å². The first-order chi connectivity index (χ1) is 18.2. The molecular formula is C24H25F4N5O5. The monoisotopic (exact) mass is 539 g/mol. The molecule has 3 rings (SSSR count). The number of aromatic nitrogens is 3. The number of carbonyl (C=O) groups is 2. The van der Waals surface area contributed by atoms with Gasteiger partial charge in [0.05, 0.1) is 19.4 Å². The molecule has 0 saturated heterocycles. The molecule has 10 nitrogen and oxygen atoms in total. The number of nitrogens with zero attached hydrogens (tertiary/aromatic N) is 3. The number of ether oxygens (including phenoxy) is 3. The number of amides is 2. The van der Waals surface area contributed by atoms with Crippen molar-refractivity contribution in [2.45, 2.75) is 19.8 Å². The summed E-state index contributed by atoms with van der Waals surface area (Å²) in [6.07, 6.45) is -3.44. The van der Waals surface area contributed by atoms with Crippen LogP contribution in [0.3, 0.4) is 0 Å². The second-order valence-electron chi connectivity index (χ2n) is 7.61. The summed E-state index contributed by atoms with van der Waals surface area (Å²) >= 11 is 0. The van der Waals surface area contributed by atoms with Crippen LogP contribution in [0.5, 0.6) is 11.5 Å². The van der Waals surface area contributed by atoms with Crippen LogP contribution < -0.4 is 20.1 Å². The van der Waals surface area contributed by atoms with Crippen LogP contribution in [0.25, 0.3) is 5.69 Å². The highest BCUT2D eigenvalue weighted by Crippen LogP contribution is 2.25. The van der Waals surface area contributed by atoms with E-state index in [1.54, 1.807) is 19.1 Å². The van der Waals surface area contributed by atoms with E-state index in [4.69, 9.17) is 9.47 Å². The molecule has 0 aliphatic rings. The zero-order valence-electron chi connectivity index (χ0n) is 20.3. The number of halogens is 4. The van der Waals surface area contributed by atoms with Gasteiger partial charge in [0.15, 0.2) is 5.69 Å². The van der Waals surface area contributed by atoms with Gasteiger partial charge in [-0.05, 0) is 42.8 Å². The van der Waals surface area contributed by atoms with Gasteiger partial charge in [-0.25, -0.2) is 9.07 Å². The highest BCUT2D eigenvalue weighted by molar-refractivity contribution is 5.95. The van der Waals surface area contributed by atoms with Gasteiger partial charge < -0.3 is 24.8 Å². The Kier molecular flexibility index (Phi) is 9.99. The van der Waals surface area contributed by atoms with E-state index in [2.05, 4.69) is 25.7 Å². The van der Waals surface area contributed by atoms with Gasteiger partial charge in [0.25, 0.3) is 11.8 Å². The third-order valence-corrected chi connectivity index (χ3v) is 4.85. The fourth-order valence-corrected chi connectivity index (χ4v) is 3.16. The van der Waals surface area contributed by atoms with E-state index in [0.29, 0.717) is 23.4 Å². The molecule has 204 valence electrons. The van der Waals surface area contributed by atoms with E-state index >= 15 is 0 Å². The van der Waals surface area contributed by atoms with Gasteiger partial charge in [-0.2, -0.15) is 0 Å². The van der Waals surface area contributed by atoms with Gasteiger partial charge in [0.1, 0.15) is 30.5 Å². The first-order valence-corrected chi connectivity index (χ1v) is 11.4. The molecule has 2 N–H and O–H groups in total. The number of benzene rings is 2. The highest BCUT2D eigenvalue weighted by atomic mass is 19.4. The van der Waals surface area contributed by atoms with Crippen molar-refractivity contribution in [2.75, 3.05) is 33.0 Å². The summed E-state index contributed by atoms with van der Waals surface area (Å²) in [6, 6.07) is 9.68. The van der Waals surface area contributed by atoms with E-state index in [-0.39, 0.29) is 49.5 Å². The molecule has 0 spiro atoms. The first-order valence-electron chi connectivity index (χ1n) is 11.4. The van der Waals surface area contributed by atoms with E-state index < -0.39 is 18.9 Å². The summed E-state index contributed by atoms with van der Waals surface area (Å²) in [6.45, 7) is 1.73. The maximum absolute atomic E-state index is 12.6. The van der Waals surface area contributed by atoms with Crippen LogP contribution in [0.15, 0.2) is 48.7 Å². The molecule has 0 aliphatic carbocycles. The smallest absolute Gasteiger partial charge is 0.489 e. The lowest BCUT2D eigenvalue weighted by molar-refractivity contribution is -0.274. The van der Waals surface area contributed by atoms with Gasteiger partial charge in [0, 0.05) is 18.7 Å². The second kappa shape index (κ2) is 13.4. The zero-order chi connectivity index (χ0) is 27.5. The van der Waals surface area contributed by atoms with E-state index in [9.17, 15) is 27.2 Å². The van der Waals surface area contributed by atoms with Crippen LogP contribution in [0.4, 0.5) is 17.6 Å². The molecule has 0 saturated carbocycles. The maximum Gasteiger partial charge on any atom is 0.573 e. The van der Waals surface area contributed by atoms with Crippen LogP contribution >= 0.6 is 0 Å². The molecule has 0 bridgehead atoms. The third kappa shape index (κ3) is 8.44. The minimum Gasteiger partial charge on any atom is -0.489 e. The van der Waals surface area contributed by atoms with E-state index in [1.165, 1.54) is 29.1 Å². The fourth-order valence-electron chi connectivity index (χ4n) is 3.16. The summed E-state index contributed by atoms with van der Waals surface area (Å²) in [5.41, 5.74) is 1.22. The first kappa shape index (κ1) is 28.4. The number of alkyl halides is 4. The molecule has 0 aliphatic heterocycles. The van der Waals surface area contributed by atoms with Crippen molar-refractivity contribution in [1.82, 2.24) is 25.6 Å². The van der Waals surface area contributed by atoms with Crippen molar-refractivity contribution < 1.29 is 41.4 Å². The van der Waals surface area contributed by atoms with Gasteiger partial charge in [-0.3, -0.25) is 9.59 Å². The molecule has 1 aromatic heterocycles. The summed E-state index contributed by atoms with van der Waals surface area (Å²) in [7, 11) is 0. The molecule has 2 amide bonds. The molecule has 0 unspecified atom stereocenters.